The van der Waals surface area contributed by atoms with Gasteiger partial charge in [-0.1, -0.05) is 18.9 Å². The molecule has 0 saturated heterocycles. The Morgan fingerprint density at radius 1 is 1.07 bits per heavy atom. The monoisotopic (exact) mass is 416 g/mol. The van der Waals surface area contributed by atoms with Gasteiger partial charge in [0, 0.05) is 11.4 Å². The van der Waals surface area contributed by atoms with Gasteiger partial charge in [0.15, 0.2) is 0 Å². The summed E-state index contributed by atoms with van der Waals surface area (Å²) < 4.78 is 40.4. The zero-order chi connectivity index (χ0) is 20.8. The molecular formula is C21H21FN2O4S. The molecule has 29 heavy (non-hydrogen) atoms. The van der Waals surface area contributed by atoms with Gasteiger partial charge < -0.3 is 5.11 Å². The number of aliphatic hydroxyl groups is 1. The number of nitrogens with one attached hydrogen (secondary N) is 1. The van der Waals surface area contributed by atoms with Crippen LogP contribution >= 0.6 is 0 Å². The number of sulfonamides is 1. The van der Waals surface area contributed by atoms with Crippen LogP contribution < -0.4 is 10.3 Å². The van der Waals surface area contributed by atoms with Gasteiger partial charge in [0.05, 0.1) is 17.3 Å². The quantitative estimate of drug-likeness (QED) is 0.683. The van der Waals surface area contributed by atoms with Crippen molar-refractivity contribution in [2.75, 3.05) is 11.0 Å². The predicted octanol–water partition coefficient (Wildman–Crippen LogP) is 3.26. The first kappa shape index (κ1) is 19.6. The highest BCUT2D eigenvalue weighted by atomic mass is 32.2. The number of halogens is 1. The minimum absolute atomic E-state index is 0.216. The number of pyridine rings is 1. The van der Waals surface area contributed by atoms with E-state index in [4.69, 9.17) is 0 Å². The molecule has 3 aromatic rings. The first-order valence-electron chi connectivity index (χ1n) is 9.33. The summed E-state index contributed by atoms with van der Waals surface area (Å²) in [4.78, 5) is 13.3. The van der Waals surface area contributed by atoms with Crippen molar-refractivity contribution >= 4 is 26.5 Å². The molecule has 6 nitrogen and oxygen atoms in total. The molecule has 0 atom stereocenters. The standard InChI is InChI=1S/C21H21FN2O4S/c1-29(27,28)23-16-6-8-17(9-7-16)24-19(21(26)10-2-3-11-21)12-14-4-5-15(22)13-18(14)20(24)25/h4-9,12-13,23,26H,2-3,10-11H2,1H3. The summed E-state index contributed by atoms with van der Waals surface area (Å²) in [5.74, 6) is -0.513. The molecule has 1 heterocycles. The molecular weight excluding hydrogens is 395 g/mol. The molecule has 0 bridgehead atoms. The highest BCUT2D eigenvalue weighted by molar-refractivity contribution is 7.92. The van der Waals surface area contributed by atoms with E-state index < -0.39 is 27.0 Å². The van der Waals surface area contributed by atoms with Gasteiger partial charge in [-0.15, -0.1) is 0 Å². The molecule has 0 spiro atoms. The zero-order valence-corrected chi connectivity index (χ0v) is 16.7. The normalized spacial score (nSPS) is 16.2. The fourth-order valence-electron chi connectivity index (χ4n) is 3.99. The van der Waals surface area contributed by atoms with E-state index in [-0.39, 0.29) is 5.39 Å². The Kier molecular flexibility index (Phi) is 4.71. The van der Waals surface area contributed by atoms with Crippen molar-refractivity contribution in [2.45, 2.75) is 31.3 Å². The van der Waals surface area contributed by atoms with Gasteiger partial charge in [0.2, 0.25) is 10.0 Å². The Morgan fingerprint density at radius 2 is 1.72 bits per heavy atom. The second-order valence-electron chi connectivity index (χ2n) is 7.56. The summed E-state index contributed by atoms with van der Waals surface area (Å²) in [6.45, 7) is 0. The van der Waals surface area contributed by atoms with Crippen LogP contribution in [0.4, 0.5) is 10.1 Å². The van der Waals surface area contributed by atoms with Gasteiger partial charge in [-0.3, -0.25) is 14.1 Å². The maximum Gasteiger partial charge on any atom is 0.263 e. The Balaban J connectivity index is 1.94. The SMILES string of the molecule is CS(=O)(=O)Nc1ccc(-n2c(C3(O)CCCC3)cc3ccc(F)cc3c2=O)cc1. The van der Waals surface area contributed by atoms with Gasteiger partial charge in [-0.05, 0) is 60.7 Å². The van der Waals surface area contributed by atoms with Crippen LogP contribution in [0.2, 0.25) is 0 Å². The van der Waals surface area contributed by atoms with Crippen LogP contribution in [0.5, 0.6) is 0 Å². The maximum absolute atomic E-state index is 13.8. The van der Waals surface area contributed by atoms with Crippen molar-refractivity contribution in [1.29, 1.82) is 0 Å². The van der Waals surface area contributed by atoms with Crippen LogP contribution in [-0.2, 0) is 15.6 Å². The Hall–Kier alpha value is -2.71. The topological polar surface area (TPSA) is 88.4 Å². The molecule has 2 N–H and O–H groups in total. The number of fused-ring (bicyclic) bond motifs is 1. The molecule has 1 aromatic heterocycles. The number of nitrogens with zero attached hydrogens (tertiary/aromatic N) is 1. The average molecular weight is 416 g/mol. The van der Waals surface area contributed by atoms with E-state index in [9.17, 15) is 22.7 Å². The summed E-state index contributed by atoms with van der Waals surface area (Å²) in [6, 6.07) is 12.0. The molecule has 8 heteroatoms. The second-order valence-corrected chi connectivity index (χ2v) is 9.31. The number of hydrogen-bond donors (Lipinski definition) is 2. The maximum atomic E-state index is 13.8. The molecule has 152 valence electrons. The van der Waals surface area contributed by atoms with E-state index in [2.05, 4.69) is 4.72 Å². The molecule has 4 rings (SSSR count). The third kappa shape index (κ3) is 3.77. The van der Waals surface area contributed by atoms with E-state index in [1.54, 1.807) is 30.3 Å². The van der Waals surface area contributed by atoms with E-state index in [0.717, 1.165) is 19.1 Å². The van der Waals surface area contributed by atoms with Crippen LogP contribution in [-0.4, -0.2) is 24.3 Å². The Morgan fingerprint density at radius 3 is 2.34 bits per heavy atom. The third-order valence-corrected chi connectivity index (χ3v) is 5.92. The molecule has 1 aliphatic rings. The molecule has 0 aliphatic heterocycles. The summed E-state index contributed by atoms with van der Waals surface area (Å²) >= 11 is 0. The van der Waals surface area contributed by atoms with Crippen molar-refractivity contribution in [3.8, 4) is 5.69 Å². The van der Waals surface area contributed by atoms with Crippen LogP contribution in [0.1, 0.15) is 31.4 Å². The van der Waals surface area contributed by atoms with E-state index >= 15 is 0 Å². The first-order chi connectivity index (χ1) is 13.7. The van der Waals surface area contributed by atoms with E-state index in [0.29, 0.717) is 35.3 Å². The summed E-state index contributed by atoms with van der Waals surface area (Å²) in [6.07, 6.45) is 3.82. The highest BCUT2D eigenvalue weighted by Crippen LogP contribution is 2.39. The van der Waals surface area contributed by atoms with Gasteiger partial charge in [-0.2, -0.15) is 0 Å². The number of aromatic nitrogens is 1. The van der Waals surface area contributed by atoms with Gasteiger partial charge >= 0.3 is 0 Å². The number of anilines is 1. The molecule has 2 aromatic carbocycles. The van der Waals surface area contributed by atoms with E-state index in [1.807, 2.05) is 0 Å². The average Bonchev–Trinajstić information content (AvgIpc) is 3.09. The highest BCUT2D eigenvalue weighted by Gasteiger charge is 2.36. The minimum Gasteiger partial charge on any atom is -0.384 e. The van der Waals surface area contributed by atoms with Crippen LogP contribution in [0, 0.1) is 5.82 Å². The summed E-state index contributed by atoms with van der Waals surface area (Å²) in [7, 11) is -3.43. The van der Waals surface area contributed by atoms with Crippen molar-refractivity contribution in [2.24, 2.45) is 0 Å². The van der Waals surface area contributed by atoms with Crippen molar-refractivity contribution < 1.29 is 17.9 Å². The lowest BCUT2D eigenvalue weighted by Gasteiger charge is -2.27. The zero-order valence-electron chi connectivity index (χ0n) is 15.9. The lowest BCUT2D eigenvalue weighted by molar-refractivity contribution is 0.0376. The van der Waals surface area contributed by atoms with Crippen LogP contribution in [0.15, 0.2) is 53.3 Å². The van der Waals surface area contributed by atoms with Gasteiger partial charge in [0.1, 0.15) is 11.4 Å². The molecule has 1 fully saturated rings. The molecule has 1 saturated carbocycles. The van der Waals surface area contributed by atoms with Gasteiger partial charge in [0.25, 0.3) is 5.56 Å². The van der Waals surface area contributed by atoms with E-state index in [1.165, 1.54) is 22.8 Å². The largest absolute Gasteiger partial charge is 0.384 e. The molecule has 0 unspecified atom stereocenters. The lowest BCUT2D eigenvalue weighted by atomic mass is 9.94. The lowest BCUT2D eigenvalue weighted by Crippen LogP contribution is -2.32. The van der Waals surface area contributed by atoms with Crippen LogP contribution in [0.3, 0.4) is 0 Å². The first-order valence-corrected chi connectivity index (χ1v) is 11.2. The fraction of sp³-hybridized carbons (Fsp3) is 0.286. The fourth-order valence-corrected chi connectivity index (χ4v) is 4.55. The predicted molar refractivity (Wildman–Crippen MR) is 110 cm³/mol. The minimum atomic E-state index is -3.43. The molecule has 1 aliphatic carbocycles. The van der Waals surface area contributed by atoms with Crippen molar-refractivity contribution in [3.05, 3.63) is 70.4 Å². The third-order valence-electron chi connectivity index (χ3n) is 5.32. The van der Waals surface area contributed by atoms with Crippen molar-refractivity contribution in [1.82, 2.24) is 4.57 Å². The van der Waals surface area contributed by atoms with Crippen LogP contribution in [0.25, 0.3) is 16.5 Å². The number of benzene rings is 2. The summed E-state index contributed by atoms with van der Waals surface area (Å²) in [5, 5.41) is 12.0. The second kappa shape index (κ2) is 6.96. The molecule has 0 radical (unpaired) electrons. The number of hydrogen-bond acceptors (Lipinski definition) is 4. The Bertz CT molecular complexity index is 1240. The smallest absolute Gasteiger partial charge is 0.263 e. The van der Waals surface area contributed by atoms with Gasteiger partial charge in [-0.25, -0.2) is 12.8 Å². The number of rotatable bonds is 4. The van der Waals surface area contributed by atoms with Crippen molar-refractivity contribution in [3.63, 3.8) is 0 Å². The summed E-state index contributed by atoms with van der Waals surface area (Å²) in [5.41, 5.74) is -0.289. The molecule has 0 amide bonds. The Labute approximate surface area is 167 Å².